The third-order valence-electron chi connectivity index (χ3n) is 4.57. The summed E-state index contributed by atoms with van der Waals surface area (Å²) < 4.78 is 1.43. The molecule has 1 aromatic carbocycles. The second-order valence-corrected chi connectivity index (χ2v) is 6.45. The average Bonchev–Trinajstić information content (AvgIpc) is 2.53. The van der Waals surface area contributed by atoms with E-state index in [2.05, 4.69) is 9.88 Å². The first kappa shape index (κ1) is 16.6. The van der Waals surface area contributed by atoms with Crippen LogP contribution in [-0.2, 0) is 17.9 Å². The van der Waals surface area contributed by atoms with E-state index in [1.165, 1.54) is 23.8 Å². The Hall–Kier alpha value is -2.21. The molecule has 1 saturated heterocycles. The topological polar surface area (TPSA) is 81.2 Å². The van der Waals surface area contributed by atoms with Crippen molar-refractivity contribution in [2.75, 3.05) is 13.1 Å². The molecule has 1 fully saturated rings. The van der Waals surface area contributed by atoms with Gasteiger partial charge in [0.1, 0.15) is 12.4 Å². The maximum absolute atomic E-state index is 12.7. The zero-order chi connectivity index (χ0) is 16.9. The number of aromatic nitrogens is 2. The maximum Gasteiger partial charge on any atom is 0.261 e. The highest BCUT2D eigenvalue weighted by atomic mass is 16.2. The zero-order valence-electron chi connectivity index (χ0n) is 13.9. The number of fused-ring (bicyclic) bond motifs is 1. The summed E-state index contributed by atoms with van der Waals surface area (Å²) in [7, 11) is 0. The fraction of sp³-hybridized carbons (Fsp3) is 0.500. The number of primary amides is 1. The van der Waals surface area contributed by atoms with Crippen molar-refractivity contribution in [1.29, 1.82) is 0 Å². The van der Waals surface area contributed by atoms with Crippen LogP contribution >= 0.6 is 0 Å². The van der Waals surface area contributed by atoms with E-state index in [9.17, 15) is 9.59 Å². The molecule has 3 rings (SSSR count). The van der Waals surface area contributed by atoms with Crippen LogP contribution in [0.2, 0.25) is 0 Å². The second-order valence-electron chi connectivity index (χ2n) is 6.45. The zero-order valence-corrected chi connectivity index (χ0v) is 13.9. The van der Waals surface area contributed by atoms with Gasteiger partial charge in [0.2, 0.25) is 5.91 Å². The highest BCUT2D eigenvalue weighted by Gasteiger charge is 2.16. The van der Waals surface area contributed by atoms with Crippen molar-refractivity contribution in [2.24, 2.45) is 5.73 Å². The minimum absolute atomic E-state index is 0.125. The van der Waals surface area contributed by atoms with Crippen molar-refractivity contribution < 1.29 is 4.79 Å². The van der Waals surface area contributed by atoms with Crippen molar-refractivity contribution in [3.63, 3.8) is 0 Å². The summed E-state index contributed by atoms with van der Waals surface area (Å²) in [5.74, 6) is 0.0983. The molecule has 6 nitrogen and oxygen atoms in total. The molecule has 1 aliphatic heterocycles. The molecule has 0 radical (unpaired) electrons. The quantitative estimate of drug-likeness (QED) is 0.925. The van der Waals surface area contributed by atoms with Gasteiger partial charge in [-0.3, -0.25) is 19.1 Å². The van der Waals surface area contributed by atoms with Gasteiger partial charge in [0.25, 0.3) is 5.56 Å². The molecule has 24 heavy (non-hydrogen) atoms. The van der Waals surface area contributed by atoms with Gasteiger partial charge in [-0.25, -0.2) is 4.98 Å². The van der Waals surface area contributed by atoms with Crippen LogP contribution in [0, 0.1) is 0 Å². The summed E-state index contributed by atoms with van der Waals surface area (Å²) in [6, 6.07) is 7.25. The number of para-hydroxylation sites is 1. The summed E-state index contributed by atoms with van der Waals surface area (Å²) in [5.41, 5.74) is 5.82. The standard InChI is InChI=1S/C18H24N4O2/c19-16(23)12-22-17(13-21-10-6-2-1-3-7-11-21)20-15-9-5-4-8-14(15)18(22)24/h4-5,8-9H,1-3,6-7,10-13H2,(H2,19,23). The lowest BCUT2D eigenvalue weighted by Crippen LogP contribution is -2.35. The van der Waals surface area contributed by atoms with E-state index in [4.69, 9.17) is 5.73 Å². The second kappa shape index (κ2) is 7.57. The van der Waals surface area contributed by atoms with E-state index < -0.39 is 5.91 Å². The Balaban J connectivity index is 1.97. The van der Waals surface area contributed by atoms with Crippen LogP contribution in [0.15, 0.2) is 29.1 Å². The molecule has 128 valence electrons. The van der Waals surface area contributed by atoms with Gasteiger partial charge in [0, 0.05) is 0 Å². The van der Waals surface area contributed by atoms with Gasteiger partial charge in [0.05, 0.1) is 17.4 Å². The molecule has 2 N–H and O–H groups in total. The van der Waals surface area contributed by atoms with Gasteiger partial charge < -0.3 is 5.73 Å². The normalized spacial score (nSPS) is 16.7. The number of likely N-dealkylation sites (tertiary alicyclic amines) is 1. The van der Waals surface area contributed by atoms with Crippen LogP contribution < -0.4 is 11.3 Å². The van der Waals surface area contributed by atoms with Crippen molar-refractivity contribution in [1.82, 2.24) is 14.5 Å². The SMILES string of the molecule is NC(=O)Cn1c(CN2CCCCCCC2)nc2ccccc2c1=O. The highest BCUT2D eigenvalue weighted by molar-refractivity contribution is 5.78. The van der Waals surface area contributed by atoms with Crippen molar-refractivity contribution >= 4 is 16.8 Å². The summed E-state index contributed by atoms with van der Waals surface area (Å²) in [6.45, 7) is 2.45. The van der Waals surface area contributed by atoms with Gasteiger partial charge in [-0.2, -0.15) is 0 Å². The lowest BCUT2D eigenvalue weighted by molar-refractivity contribution is -0.118. The van der Waals surface area contributed by atoms with Crippen LogP contribution in [0.4, 0.5) is 0 Å². The molecule has 2 heterocycles. The van der Waals surface area contributed by atoms with E-state index in [0.29, 0.717) is 23.3 Å². The first-order valence-electron chi connectivity index (χ1n) is 8.64. The van der Waals surface area contributed by atoms with Gasteiger partial charge in [-0.15, -0.1) is 0 Å². The number of benzene rings is 1. The number of nitrogens with two attached hydrogens (primary N) is 1. The minimum Gasteiger partial charge on any atom is -0.368 e. The maximum atomic E-state index is 12.7. The summed E-state index contributed by atoms with van der Waals surface area (Å²) in [4.78, 5) is 31.1. The van der Waals surface area contributed by atoms with E-state index in [1.54, 1.807) is 12.1 Å². The molecule has 1 aromatic heterocycles. The molecule has 0 spiro atoms. The third kappa shape index (κ3) is 3.82. The predicted molar refractivity (Wildman–Crippen MR) is 93.6 cm³/mol. The van der Waals surface area contributed by atoms with Crippen molar-refractivity contribution in [2.45, 2.75) is 45.2 Å². The first-order valence-corrected chi connectivity index (χ1v) is 8.64. The molecule has 0 bridgehead atoms. The molecule has 0 atom stereocenters. The fourth-order valence-corrected chi connectivity index (χ4v) is 3.32. The van der Waals surface area contributed by atoms with Gasteiger partial charge in [-0.05, 0) is 38.1 Å². The van der Waals surface area contributed by atoms with Gasteiger partial charge in [0.15, 0.2) is 0 Å². The van der Waals surface area contributed by atoms with Crippen LogP contribution in [0.3, 0.4) is 0 Å². The van der Waals surface area contributed by atoms with E-state index in [-0.39, 0.29) is 12.1 Å². The van der Waals surface area contributed by atoms with Crippen LogP contribution in [-0.4, -0.2) is 33.4 Å². The van der Waals surface area contributed by atoms with E-state index in [0.717, 1.165) is 25.9 Å². The van der Waals surface area contributed by atoms with Crippen molar-refractivity contribution in [3.05, 3.63) is 40.4 Å². The molecule has 6 heteroatoms. The lowest BCUT2D eigenvalue weighted by Gasteiger charge is -2.25. The highest BCUT2D eigenvalue weighted by Crippen LogP contribution is 2.14. The number of hydrogen-bond donors (Lipinski definition) is 1. The number of nitrogens with zero attached hydrogens (tertiary/aromatic N) is 3. The molecular formula is C18H24N4O2. The molecule has 0 aliphatic carbocycles. The van der Waals surface area contributed by atoms with Crippen LogP contribution in [0.5, 0.6) is 0 Å². The molecular weight excluding hydrogens is 304 g/mol. The first-order chi connectivity index (χ1) is 11.6. The lowest BCUT2D eigenvalue weighted by atomic mass is 10.1. The Kier molecular flexibility index (Phi) is 5.25. The summed E-state index contributed by atoms with van der Waals surface area (Å²) in [6.07, 6.45) is 6.11. The minimum atomic E-state index is -0.525. The Labute approximate surface area is 141 Å². The average molecular weight is 328 g/mol. The van der Waals surface area contributed by atoms with E-state index in [1.807, 2.05) is 12.1 Å². The number of amides is 1. The molecule has 0 saturated carbocycles. The predicted octanol–water partition coefficient (Wildman–Crippen LogP) is 1.65. The van der Waals surface area contributed by atoms with Crippen molar-refractivity contribution in [3.8, 4) is 0 Å². The largest absolute Gasteiger partial charge is 0.368 e. The molecule has 0 unspecified atom stereocenters. The Morgan fingerprint density at radius 1 is 1.08 bits per heavy atom. The smallest absolute Gasteiger partial charge is 0.261 e. The number of rotatable bonds is 4. The number of hydrogen-bond acceptors (Lipinski definition) is 4. The Morgan fingerprint density at radius 3 is 2.46 bits per heavy atom. The molecule has 2 aromatic rings. The summed E-state index contributed by atoms with van der Waals surface area (Å²) >= 11 is 0. The van der Waals surface area contributed by atoms with Gasteiger partial charge in [-0.1, -0.05) is 31.4 Å². The monoisotopic (exact) mass is 328 g/mol. The molecule has 1 amide bonds. The number of carbonyl (C=O) groups is 1. The Bertz CT molecular complexity index is 776. The van der Waals surface area contributed by atoms with Crippen LogP contribution in [0.25, 0.3) is 10.9 Å². The molecule has 1 aliphatic rings. The van der Waals surface area contributed by atoms with Crippen LogP contribution in [0.1, 0.15) is 37.9 Å². The fourth-order valence-electron chi connectivity index (χ4n) is 3.32. The Morgan fingerprint density at radius 2 is 1.75 bits per heavy atom. The van der Waals surface area contributed by atoms with E-state index >= 15 is 0 Å². The number of carbonyl (C=O) groups excluding carboxylic acids is 1. The van der Waals surface area contributed by atoms with Gasteiger partial charge >= 0.3 is 0 Å². The third-order valence-corrected chi connectivity index (χ3v) is 4.57. The summed E-state index contributed by atoms with van der Waals surface area (Å²) in [5, 5.41) is 0.523.